The van der Waals surface area contributed by atoms with Gasteiger partial charge in [-0.2, -0.15) is 0 Å². The van der Waals surface area contributed by atoms with Crippen LogP contribution in [0.15, 0.2) is 41.9 Å². The molecule has 0 atom stereocenters. The van der Waals surface area contributed by atoms with Crippen molar-refractivity contribution in [1.29, 1.82) is 0 Å². The number of esters is 1. The van der Waals surface area contributed by atoms with E-state index in [2.05, 4.69) is 10.3 Å². The third-order valence-corrected chi connectivity index (χ3v) is 4.59. The first-order valence-electron chi connectivity index (χ1n) is 7.70. The number of benzene rings is 1. The molecule has 6 nitrogen and oxygen atoms in total. The number of hydrogen-bond donors (Lipinski definition) is 2. The Balaban J connectivity index is 2.05. The molecule has 0 unspecified atom stereocenters. The molecule has 0 fully saturated rings. The molecular weight excluding hydrogens is 340 g/mol. The van der Waals surface area contributed by atoms with Crippen molar-refractivity contribution in [1.82, 2.24) is 4.98 Å². The van der Waals surface area contributed by atoms with Gasteiger partial charge in [-0.15, -0.1) is 11.3 Å². The maximum absolute atomic E-state index is 12.2. The van der Waals surface area contributed by atoms with Crippen molar-refractivity contribution in [2.24, 2.45) is 0 Å². The largest absolute Gasteiger partial charge is 0.477 e. The van der Waals surface area contributed by atoms with Crippen LogP contribution in [-0.2, 0) is 11.3 Å². The maximum Gasteiger partial charge on any atom is 0.348 e. The second kappa shape index (κ2) is 7.31. The van der Waals surface area contributed by atoms with Gasteiger partial charge in [0.2, 0.25) is 0 Å². The predicted molar refractivity (Wildman–Crippen MR) is 96.3 cm³/mol. The Hall–Kier alpha value is -2.93. The normalized spacial score (nSPS) is 10.6. The number of rotatable bonds is 6. The molecule has 0 aliphatic rings. The fraction of sp³-hybridized carbons (Fsp3) is 0.167. The van der Waals surface area contributed by atoms with Gasteiger partial charge in [0.1, 0.15) is 10.4 Å². The standard InChI is InChI=1S/C18H16N2O4S/c1-2-24-18(23)12-9-20-15-13(10-25-16(15)17(21)22)14(12)19-8-11-6-4-3-5-7-11/h3-7,9-10,19H,2,8H2,1H3,(H,21,22). The number of carbonyl (C=O) groups excluding carboxylic acids is 1. The lowest BCUT2D eigenvalue weighted by Crippen LogP contribution is -2.11. The molecule has 0 bridgehead atoms. The minimum atomic E-state index is -1.04. The quantitative estimate of drug-likeness (QED) is 0.654. The van der Waals surface area contributed by atoms with Crippen LogP contribution in [0.4, 0.5) is 5.69 Å². The number of hydrogen-bond acceptors (Lipinski definition) is 6. The summed E-state index contributed by atoms with van der Waals surface area (Å²) in [5.41, 5.74) is 2.23. The number of thiophene rings is 1. The third-order valence-electron chi connectivity index (χ3n) is 3.63. The Kier molecular flexibility index (Phi) is 4.95. The highest BCUT2D eigenvalue weighted by Crippen LogP contribution is 2.33. The van der Waals surface area contributed by atoms with Gasteiger partial charge < -0.3 is 15.2 Å². The van der Waals surface area contributed by atoms with E-state index in [0.29, 0.717) is 28.7 Å². The van der Waals surface area contributed by atoms with Gasteiger partial charge in [-0.25, -0.2) is 9.59 Å². The zero-order chi connectivity index (χ0) is 17.8. The van der Waals surface area contributed by atoms with E-state index < -0.39 is 11.9 Å². The molecule has 0 spiro atoms. The molecule has 0 radical (unpaired) electrons. The molecule has 7 heteroatoms. The fourth-order valence-electron chi connectivity index (χ4n) is 2.49. The van der Waals surface area contributed by atoms with Crippen molar-refractivity contribution >= 4 is 39.9 Å². The summed E-state index contributed by atoms with van der Waals surface area (Å²) in [5.74, 6) is -1.53. The summed E-state index contributed by atoms with van der Waals surface area (Å²) in [4.78, 5) is 27.9. The Morgan fingerprint density at radius 2 is 2.04 bits per heavy atom. The first-order chi connectivity index (χ1) is 12.1. The van der Waals surface area contributed by atoms with E-state index in [4.69, 9.17) is 4.74 Å². The molecule has 2 N–H and O–H groups in total. The smallest absolute Gasteiger partial charge is 0.348 e. The van der Waals surface area contributed by atoms with E-state index in [-0.39, 0.29) is 11.5 Å². The summed E-state index contributed by atoms with van der Waals surface area (Å²) in [6.07, 6.45) is 1.37. The summed E-state index contributed by atoms with van der Waals surface area (Å²) < 4.78 is 5.09. The van der Waals surface area contributed by atoms with Gasteiger partial charge in [0.05, 0.1) is 17.8 Å². The lowest BCUT2D eigenvalue weighted by Gasteiger charge is -2.13. The lowest BCUT2D eigenvalue weighted by atomic mass is 10.1. The summed E-state index contributed by atoms with van der Waals surface area (Å²) in [7, 11) is 0. The summed E-state index contributed by atoms with van der Waals surface area (Å²) >= 11 is 1.09. The van der Waals surface area contributed by atoms with Crippen molar-refractivity contribution in [2.75, 3.05) is 11.9 Å². The minimum absolute atomic E-state index is 0.146. The average molecular weight is 356 g/mol. The van der Waals surface area contributed by atoms with E-state index in [9.17, 15) is 14.7 Å². The number of carboxylic acid groups (broad SMARTS) is 1. The number of anilines is 1. The van der Waals surface area contributed by atoms with Crippen molar-refractivity contribution in [2.45, 2.75) is 13.5 Å². The van der Waals surface area contributed by atoms with Gasteiger partial charge in [0.25, 0.3) is 0 Å². The van der Waals surface area contributed by atoms with Gasteiger partial charge in [-0.3, -0.25) is 4.98 Å². The predicted octanol–water partition coefficient (Wildman–Crippen LogP) is 3.78. The van der Waals surface area contributed by atoms with Crippen LogP contribution in [-0.4, -0.2) is 28.6 Å². The first-order valence-corrected chi connectivity index (χ1v) is 8.58. The average Bonchev–Trinajstić information content (AvgIpc) is 3.05. The van der Waals surface area contributed by atoms with Gasteiger partial charge in [0, 0.05) is 23.5 Å². The number of nitrogens with zero attached hydrogens (tertiary/aromatic N) is 1. The number of nitrogens with one attached hydrogen (secondary N) is 1. The van der Waals surface area contributed by atoms with Crippen LogP contribution in [0.2, 0.25) is 0 Å². The van der Waals surface area contributed by atoms with Crippen molar-refractivity contribution < 1.29 is 19.4 Å². The van der Waals surface area contributed by atoms with Gasteiger partial charge in [-0.05, 0) is 12.5 Å². The van der Waals surface area contributed by atoms with Crippen molar-refractivity contribution in [3.8, 4) is 0 Å². The number of pyridine rings is 1. The highest BCUT2D eigenvalue weighted by molar-refractivity contribution is 7.13. The molecule has 0 aliphatic carbocycles. The lowest BCUT2D eigenvalue weighted by molar-refractivity contribution is 0.0526. The number of fused-ring (bicyclic) bond motifs is 1. The highest BCUT2D eigenvalue weighted by atomic mass is 32.1. The van der Waals surface area contributed by atoms with Gasteiger partial charge in [-0.1, -0.05) is 30.3 Å². The number of carbonyl (C=O) groups is 2. The van der Waals surface area contributed by atoms with Crippen LogP contribution in [0.5, 0.6) is 0 Å². The Labute approximate surface area is 148 Å². The minimum Gasteiger partial charge on any atom is -0.477 e. The molecule has 3 aromatic rings. The third kappa shape index (κ3) is 3.46. The summed E-state index contributed by atoms with van der Waals surface area (Å²) in [5, 5.41) is 14.8. The monoisotopic (exact) mass is 356 g/mol. The number of aromatic carboxylic acids is 1. The molecule has 1 aromatic carbocycles. The summed E-state index contributed by atoms with van der Waals surface area (Å²) in [6, 6.07) is 9.71. The zero-order valence-corrected chi connectivity index (χ0v) is 14.3. The Morgan fingerprint density at radius 3 is 2.72 bits per heavy atom. The Bertz CT molecular complexity index is 921. The van der Waals surface area contributed by atoms with E-state index in [1.54, 1.807) is 12.3 Å². The van der Waals surface area contributed by atoms with Crippen LogP contribution in [0, 0.1) is 0 Å². The van der Waals surface area contributed by atoms with Crippen LogP contribution < -0.4 is 5.32 Å². The molecule has 25 heavy (non-hydrogen) atoms. The molecule has 0 amide bonds. The highest BCUT2D eigenvalue weighted by Gasteiger charge is 2.21. The molecular formula is C18H16N2O4S. The molecule has 2 heterocycles. The van der Waals surface area contributed by atoms with E-state index in [1.165, 1.54) is 6.20 Å². The van der Waals surface area contributed by atoms with Crippen molar-refractivity contribution in [3.63, 3.8) is 0 Å². The number of aromatic nitrogens is 1. The van der Waals surface area contributed by atoms with Crippen LogP contribution in [0.25, 0.3) is 10.9 Å². The van der Waals surface area contributed by atoms with Crippen LogP contribution in [0.3, 0.4) is 0 Å². The second-order valence-electron chi connectivity index (χ2n) is 5.24. The first kappa shape index (κ1) is 16.9. The molecule has 0 aliphatic heterocycles. The van der Waals surface area contributed by atoms with E-state index in [1.807, 2.05) is 30.3 Å². The number of ether oxygens (including phenoxy) is 1. The van der Waals surface area contributed by atoms with Crippen molar-refractivity contribution in [3.05, 3.63) is 57.9 Å². The zero-order valence-electron chi connectivity index (χ0n) is 13.5. The SMILES string of the molecule is CCOC(=O)c1cnc2c(C(=O)O)scc2c1NCc1ccccc1. The molecule has 0 saturated carbocycles. The van der Waals surface area contributed by atoms with Gasteiger partial charge >= 0.3 is 11.9 Å². The molecule has 3 rings (SSSR count). The van der Waals surface area contributed by atoms with E-state index >= 15 is 0 Å². The molecule has 0 saturated heterocycles. The van der Waals surface area contributed by atoms with Crippen LogP contribution >= 0.6 is 11.3 Å². The maximum atomic E-state index is 12.2. The number of carboxylic acids is 1. The topological polar surface area (TPSA) is 88.5 Å². The second-order valence-corrected chi connectivity index (χ2v) is 6.12. The van der Waals surface area contributed by atoms with Crippen LogP contribution in [0.1, 0.15) is 32.5 Å². The summed E-state index contributed by atoms with van der Waals surface area (Å²) in [6.45, 7) is 2.47. The molecule has 2 aromatic heterocycles. The Morgan fingerprint density at radius 1 is 1.28 bits per heavy atom. The van der Waals surface area contributed by atoms with E-state index in [0.717, 1.165) is 16.9 Å². The van der Waals surface area contributed by atoms with Gasteiger partial charge in [0.15, 0.2) is 0 Å². The fourth-order valence-corrected chi connectivity index (χ4v) is 3.33. The molecule has 128 valence electrons.